The van der Waals surface area contributed by atoms with Crippen LogP contribution in [0.1, 0.15) is 78.4 Å². The Bertz CT molecular complexity index is 1420. The summed E-state index contributed by atoms with van der Waals surface area (Å²) in [6.07, 6.45) is 2.39. The highest BCUT2D eigenvalue weighted by molar-refractivity contribution is 5.84. The lowest BCUT2D eigenvalue weighted by molar-refractivity contribution is -0.140. The zero-order valence-electron chi connectivity index (χ0n) is 31.8. The van der Waals surface area contributed by atoms with E-state index in [-0.39, 0.29) is 30.3 Å². The molecule has 3 amide bonds. The van der Waals surface area contributed by atoms with E-state index < -0.39 is 28.9 Å². The Morgan fingerprint density at radius 3 is 2.08 bits per heavy atom. The smallest absolute Gasteiger partial charge is 0.410 e. The molecule has 1 fully saturated rings. The summed E-state index contributed by atoms with van der Waals surface area (Å²) in [6, 6.07) is 16.1. The van der Waals surface area contributed by atoms with E-state index in [1.807, 2.05) is 83.1 Å². The van der Waals surface area contributed by atoms with Gasteiger partial charge in [-0.05, 0) is 85.0 Å². The molecule has 0 aliphatic carbocycles. The van der Waals surface area contributed by atoms with Gasteiger partial charge >= 0.3 is 6.09 Å². The van der Waals surface area contributed by atoms with Crippen molar-refractivity contribution in [3.63, 3.8) is 0 Å². The van der Waals surface area contributed by atoms with Crippen LogP contribution in [0.4, 0.5) is 4.79 Å². The number of hydrogen-bond acceptors (Lipinski definition) is 7. The fraction of sp³-hybridized carbons (Fsp3) is 0.625. The van der Waals surface area contributed by atoms with Crippen LogP contribution in [0.15, 0.2) is 48.5 Å². The highest BCUT2D eigenvalue weighted by atomic mass is 16.6. The molecule has 0 aromatic heterocycles. The first-order valence-corrected chi connectivity index (χ1v) is 18.1. The van der Waals surface area contributed by atoms with Gasteiger partial charge in [0.15, 0.2) is 0 Å². The minimum Gasteiger partial charge on any atom is -0.457 e. The molecule has 0 spiro atoms. The molecule has 2 aliphatic heterocycles. The summed E-state index contributed by atoms with van der Waals surface area (Å²) in [6.45, 7) is 15.1. The Morgan fingerprint density at radius 1 is 0.920 bits per heavy atom. The Morgan fingerprint density at radius 2 is 1.52 bits per heavy atom. The van der Waals surface area contributed by atoms with E-state index in [0.29, 0.717) is 32.7 Å². The summed E-state index contributed by atoms with van der Waals surface area (Å²) in [7, 11) is 5.77. The van der Waals surface area contributed by atoms with Crippen LogP contribution in [0.5, 0.6) is 11.5 Å². The number of rotatable bonds is 14. The van der Waals surface area contributed by atoms with E-state index in [9.17, 15) is 14.4 Å². The second-order valence-corrected chi connectivity index (χ2v) is 16.1. The average Bonchev–Trinajstić information content (AvgIpc) is 3.06. The van der Waals surface area contributed by atoms with E-state index in [1.54, 1.807) is 12.0 Å². The van der Waals surface area contributed by atoms with Gasteiger partial charge in [-0.15, -0.1) is 0 Å². The Hall–Kier alpha value is -3.63. The number of amides is 3. The molecule has 10 nitrogen and oxygen atoms in total. The monoisotopic (exact) mass is 692 g/mol. The van der Waals surface area contributed by atoms with Crippen LogP contribution in [0, 0.1) is 17.3 Å². The molecule has 0 radical (unpaired) electrons. The summed E-state index contributed by atoms with van der Waals surface area (Å²) >= 11 is 0. The van der Waals surface area contributed by atoms with Gasteiger partial charge in [-0.3, -0.25) is 9.59 Å². The maximum Gasteiger partial charge on any atom is 0.410 e. The van der Waals surface area contributed by atoms with E-state index in [4.69, 9.17) is 14.2 Å². The van der Waals surface area contributed by atoms with Crippen LogP contribution in [-0.2, 0) is 24.5 Å². The fourth-order valence-corrected chi connectivity index (χ4v) is 7.74. The predicted octanol–water partition coefficient (Wildman–Crippen LogP) is 6.32. The number of ether oxygens (including phenoxy) is 3. The second-order valence-electron chi connectivity index (χ2n) is 16.1. The number of fused-ring (bicyclic) bond motifs is 2. The third kappa shape index (κ3) is 9.78. The van der Waals surface area contributed by atoms with Crippen molar-refractivity contribution < 1.29 is 28.6 Å². The molecular weight excluding hydrogens is 632 g/mol. The number of piperidine rings is 1. The maximum atomic E-state index is 14.3. The van der Waals surface area contributed by atoms with Crippen molar-refractivity contribution in [3.05, 3.63) is 59.7 Å². The number of unbranched alkanes of at least 4 members (excludes halogenated alkanes) is 1. The molecular formula is C40H60N4O6. The Labute approximate surface area is 299 Å². The topological polar surface area (TPSA) is 101 Å². The number of carbonyl (C=O) groups excluding carboxylic acids is 3. The molecule has 2 aliphatic rings. The molecule has 1 N–H and O–H groups in total. The number of benzene rings is 2. The normalized spacial score (nSPS) is 18.5. The van der Waals surface area contributed by atoms with Gasteiger partial charge in [0.25, 0.3) is 0 Å². The molecule has 0 saturated carbocycles. The van der Waals surface area contributed by atoms with Gasteiger partial charge in [-0.2, -0.15) is 0 Å². The summed E-state index contributed by atoms with van der Waals surface area (Å²) < 4.78 is 17.5. The highest BCUT2D eigenvalue weighted by Gasteiger charge is 2.44. The van der Waals surface area contributed by atoms with Crippen LogP contribution in [0.2, 0.25) is 0 Å². The van der Waals surface area contributed by atoms with Crippen LogP contribution in [0.25, 0.3) is 0 Å². The van der Waals surface area contributed by atoms with Crippen LogP contribution >= 0.6 is 0 Å². The lowest BCUT2D eigenvalue weighted by Gasteiger charge is -2.42. The maximum absolute atomic E-state index is 14.3. The SMILES string of the molecule is CCN(CC(C)(C)CN(C)C)C(=O)[C@@H]1CC(C(=O)NCC2(CCCCOC)c3ccccc3Oc3ccccc32)CN(C(=O)OC(C)(C)C)C1. The zero-order valence-corrected chi connectivity index (χ0v) is 31.8. The number of carbonyl (C=O) groups is 3. The van der Waals surface area contributed by atoms with Crippen LogP contribution in [-0.4, -0.2) is 105 Å². The summed E-state index contributed by atoms with van der Waals surface area (Å²) in [4.78, 5) is 47.5. The molecule has 10 heteroatoms. The van der Waals surface area contributed by atoms with E-state index in [0.717, 1.165) is 48.4 Å². The van der Waals surface area contributed by atoms with Gasteiger partial charge < -0.3 is 34.2 Å². The Balaban J connectivity index is 1.62. The first-order valence-electron chi connectivity index (χ1n) is 18.1. The number of methoxy groups -OCH3 is 1. The molecule has 0 bridgehead atoms. The van der Waals surface area contributed by atoms with Crippen molar-refractivity contribution in [2.24, 2.45) is 17.3 Å². The van der Waals surface area contributed by atoms with Crippen molar-refractivity contribution in [1.82, 2.24) is 20.0 Å². The summed E-state index contributed by atoms with van der Waals surface area (Å²) in [5.41, 5.74) is 0.668. The van der Waals surface area contributed by atoms with Gasteiger partial charge in [0.2, 0.25) is 11.8 Å². The van der Waals surface area contributed by atoms with Crippen molar-refractivity contribution >= 4 is 17.9 Å². The first kappa shape index (κ1) is 39.2. The van der Waals surface area contributed by atoms with Gasteiger partial charge in [-0.25, -0.2) is 4.79 Å². The molecule has 2 aromatic rings. The third-order valence-corrected chi connectivity index (χ3v) is 9.67. The second kappa shape index (κ2) is 16.6. The fourth-order valence-electron chi connectivity index (χ4n) is 7.74. The van der Waals surface area contributed by atoms with Gasteiger partial charge in [0.05, 0.1) is 11.8 Å². The third-order valence-electron chi connectivity index (χ3n) is 9.67. The predicted molar refractivity (Wildman–Crippen MR) is 196 cm³/mol. The standard InChI is InChI=1S/C40H60N4O6/c1-10-43(28-39(5,6)27-42(7)8)36(46)30-23-29(24-44(25-30)37(47)50-38(2,3)4)35(45)41-26-40(21-15-16-22-48-9)31-17-11-13-19-33(31)49-34-20-14-12-18-32(34)40/h11-14,17-20,29-30H,10,15-16,21-28H2,1-9H3,(H,41,45)/t29?,30-/m1/s1. The molecule has 1 saturated heterocycles. The minimum absolute atomic E-state index is 0.0349. The van der Waals surface area contributed by atoms with Crippen LogP contribution < -0.4 is 10.1 Å². The largest absolute Gasteiger partial charge is 0.457 e. The van der Waals surface area contributed by atoms with Crippen molar-refractivity contribution in [1.29, 1.82) is 0 Å². The number of nitrogens with zero attached hydrogens (tertiary/aromatic N) is 3. The van der Waals surface area contributed by atoms with Crippen molar-refractivity contribution in [2.75, 3.05) is 67.1 Å². The van der Waals surface area contributed by atoms with Crippen molar-refractivity contribution in [3.8, 4) is 11.5 Å². The molecule has 276 valence electrons. The number of likely N-dealkylation sites (tertiary alicyclic amines) is 1. The summed E-state index contributed by atoms with van der Waals surface area (Å²) in [5.74, 6) is 0.230. The number of nitrogens with one attached hydrogen (secondary N) is 1. The highest BCUT2D eigenvalue weighted by Crippen LogP contribution is 2.50. The first-order chi connectivity index (χ1) is 23.6. The molecule has 4 rings (SSSR count). The number of hydrogen-bond donors (Lipinski definition) is 1. The zero-order chi connectivity index (χ0) is 36.7. The number of para-hydroxylation sites is 2. The molecule has 2 atom stereocenters. The van der Waals surface area contributed by atoms with Gasteiger partial charge in [0.1, 0.15) is 17.1 Å². The lowest BCUT2D eigenvalue weighted by Crippen LogP contribution is -2.55. The average molecular weight is 693 g/mol. The van der Waals surface area contributed by atoms with E-state index in [2.05, 4.69) is 36.2 Å². The van der Waals surface area contributed by atoms with E-state index >= 15 is 0 Å². The van der Waals surface area contributed by atoms with E-state index in [1.165, 1.54) is 0 Å². The molecule has 2 aromatic carbocycles. The summed E-state index contributed by atoms with van der Waals surface area (Å²) in [5, 5.41) is 3.32. The minimum atomic E-state index is -0.712. The molecule has 2 heterocycles. The lowest BCUT2D eigenvalue weighted by atomic mass is 9.69. The molecule has 50 heavy (non-hydrogen) atoms. The molecule has 1 unspecified atom stereocenters. The van der Waals surface area contributed by atoms with Gasteiger partial charge in [-0.1, -0.05) is 50.2 Å². The Kier molecular flexibility index (Phi) is 13.0. The van der Waals surface area contributed by atoms with Crippen LogP contribution in [0.3, 0.4) is 0 Å². The van der Waals surface area contributed by atoms with Gasteiger partial charge in [0, 0.05) is 69.5 Å². The van der Waals surface area contributed by atoms with Crippen molar-refractivity contribution in [2.45, 2.75) is 78.2 Å². The quantitative estimate of drug-likeness (QED) is 0.231.